The summed E-state index contributed by atoms with van der Waals surface area (Å²) in [6.07, 6.45) is 2.34. The molecule has 2 N–H and O–H groups in total. The number of nitrogens with zero attached hydrogens (tertiary/aromatic N) is 2. The molecule has 1 unspecified atom stereocenters. The first kappa shape index (κ1) is 14.9. The van der Waals surface area contributed by atoms with Crippen LogP contribution >= 0.6 is 0 Å². The molecule has 0 aromatic heterocycles. The number of likely N-dealkylation sites (tertiary alicyclic amines) is 1. The highest BCUT2D eigenvalue weighted by molar-refractivity contribution is 4.74. The molecule has 0 aromatic carbocycles. The summed E-state index contributed by atoms with van der Waals surface area (Å²) in [6, 6.07) is 0. The van der Waals surface area contributed by atoms with Crippen molar-refractivity contribution in [3.63, 3.8) is 0 Å². The largest absolute Gasteiger partial charge is 0.390 e. The minimum absolute atomic E-state index is 0.249. The number of rotatable bonds is 7. The Kier molecular flexibility index (Phi) is 7.04. The lowest BCUT2D eigenvalue weighted by molar-refractivity contribution is 0.130. The van der Waals surface area contributed by atoms with Crippen LogP contribution in [0, 0.1) is 5.92 Å². The van der Waals surface area contributed by atoms with E-state index in [1.54, 1.807) is 0 Å². The molecule has 102 valence electrons. The van der Waals surface area contributed by atoms with Crippen molar-refractivity contribution in [1.82, 2.24) is 15.1 Å². The van der Waals surface area contributed by atoms with Gasteiger partial charge in [-0.15, -0.1) is 0 Å². The molecule has 17 heavy (non-hydrogen) atoms. The maximum absolute atomic E-state index is 9.72. The molecule has 1 rings (SSSR count). The Bertz CT molecular complexity index is 191. The second kappa shape index (κ2) is 8.03. The Morgan fingerprint density at radius 3 is 2.53 bits per heavy atom. The van der Waals surface area contributed by atoms with Crippen LogP contribution in [-0.4, -0.2) is 74.4 Å². The Morgan fingerprint density at radius 1 is 1.35 bits per heavy atom. The molecule has 0 aliphatic carbocycles. The normalized spacial score (nSPS) is 21.0. The van der Waals surface area contributed by atoms with Crippen molar-refractivity contribution < 1.29 is 5.11 Å². The van der Waals surface area contributed by atoms with Gasteiger partial charge in [0.15, 0.2) is 0 Å². The lowest BCUT2D eigenvalue weighted by atomic mass is 9.97. The number of likely N-dealkylation sites (N-methyl/N-ethyl adjacent to an activating group) is 1. The highest BCUT2D eigenvalue weighted by Crippen LogP contribution is 2.15. The first-order valence-corrected chi connectivity index (χ1v) is 6.87. The van der Waals surface area contributed by atoms with E-state index in [1.165, 1.54) is 32.5 Å². The van der Waals surface area contributed by atoms with E-state index in [9.17, 15) is 5.11 Å². The van der Waals surface area contributed by atoms with Gasteiger partial charge in [-0.1, -0.05) is 6.92 Å². The predicted molar refractivity (Wildman–Crippen MR) is 72.3 cm³/mol. The predicted octanol–water partition coefficient (Wildman–Crippen LogP) is 0.230. The van der Waals surface area contributed by atoms with E-state index in [1.807, 2.05) is 19.0 Å². The smallest absolute Gasteiger partial charge is 0.0791 e. The van der Waals surface area contributed by atoms with Gasteiger partial charge in [-0.3, -0.25) is 0 Å². The van der Waals surface area contributed by atoms with E-state index < -0.39 is 0 Å². The topological polar surface area (TPSA) is 38.7 Å². The molecule has 0 spiro atoms. The van der Waals surface area contributed by atoms with Gasteiger partial charge in [0.2, 0.25) is 0 Å². The van der Waals surface area contributed by atoms with Crippen LogP contribution in [0.4, 0.5) is 0 Å². The Labute approximate surface area is 106 Å². The summed E-state index contributed by atoms with van der Waals surface area (Å²) in [6.45, 7) is 8.40. The van der Waals surface area contributed by atoms with E-state index in [0.29, 0.717) is 6.54 Å². The van der Waals surface area contributed by atoms with Crippen molar-refractivity contribution in [3.8, 4) is 0 Å². The van der Waals surface area contributed by atoms with Crippen LogP contribution in [0.25, 0.3) is 0 Å². The first-order chi connectivity index (χ1) is 8.11. The van der Waals surface area contributed by atoms with Crippen LogP contribution in [0.5, 0.6) is 0 Å². The van der Waals surface area contributed by atoms with Gasteiger partial charge < -0.3 is 20.2 Å². The van der Waals surface area contributed by atoms with Gasteiger partial charge >= 0.3 is 0 Å². The van der Waals surface area contributed by atoms with Gasteiger partial charge in [-0.25, -0.2) is 0 Å². The maximum atomic E-state index is 9.72. The number of hydrogen-bond donors (Lipinski definition) is 2. The van der Waals surface area contributed by atoms with Gasteiger partial charge in [0.05, 0.1) is 6.10 Å². The van der Waals surface area contributed by atoms with Gasteiger partial charge in [0.1, 0.15) is 0 Å². The maximum Gasteiger partial charge on any atom is 0.0791 e. The quantitative estimate of drug-likeness (QED) is 0.671. The summed E-state index contributed by atoms with van der Waals surface area (Å²) in [7, 11) is 3.98. The van der Waals surface area contributed by atoms with Crippen LogP contribution in [0.1, 0.15) is 19.8 Å². The number of aliphatic hydroxyl groups is 1. The highest BCUT2D eigenvalue weighted by Gasteiger charge is 2.17. The molecule has 1 aliphatic heterocycles. The third-order valence-corrected chi connectivity index (χ3v) is 3.54. The summed E-state index contributed by atoms with van der Waals surface area (Å²) in [5, 5.41) is 13.1. The fraction of sp³-hybridized carbons (Fsp3) is 1.00. The molecule has 4 nitrogen and oxygen atoms in total. The lowest BCUT2D eigenvalue weighted by Crippen LogP contribution is -2.40. The summed E-state index contributed by atoms with van der Waals surface area (Å²) in [5.74, 6) is 0.796. The molecule has 0 saturated carbocycles. The van der Waals surface area contributed by atoms with E-state index in [0.717, 1.165) is 19.0 Å². The molecular weight excluding hydrogens is 214 g/mol. The summed E-state index contributed by atoms with van der Waals surface area (Å²) in [4.78, 5) is 4.53. The zero-order chi connectivity index (χ0) is 12.7. The number of aliphatic hydroxyl groups excluding tert-OH is 1. The summed E-state index contributed by atoms with van der Waals surface area (Å²) >= 11 is 0. The molecule has 0 bridgehead atoms. The van der Waals surface area contributed by atoms with E-state index in [2.05, 4.69) is 17.1 Å². The fourth-order valence-corrected chi connectivity index (χ4v) is 2.45. The summed E-state index contributed by atoms with van der Waals surface area (Å²) in [5.41, 5.74) is 0. The molecule has 1 aliphatic rings. The number of nitrogens with one attached hydrogen (secondary N) is 1. The van der Waals surface area contributed by atoms with E-state index in [-0.39, 0.29) is 6.10 Å². The van der Waals surface area contributed by atoms with Crippen LogP contribution in [0.2, 0.25) is 0 Å². The highest BCUT2D eigenvalue weighted by atomic mass is 16.3. The molecule has 1 heterocycles. The van der Waals surface area contributed by atoms with Crippen LogP contribution in [0.15, 0.2) is 0 Å². The molecule has 0 amide bonds. The van der Waals surface area contributed by atoms with Crippen LogP contribution in [0.3, 0.4) is 0 Å². The van der Waals surface area contributed by atoms with E-state index >= 15 is 0 Å². The van der Waals surface area contributed by atoms with Gasteiger partial charge in [0, 0.05) is 13.1 Å². The zero-order valence-corrected chi connectivity index (χ0v) is 11.7. The lowest BCUT2D eigenvalue weighted by Gasteiger charge is -2.31. The van der Waals surface area contributed by atoms with Crippen molar-refractivity contribution in [1.29, 1.82) is 0 Å². The standard InChI is InChI=1S/C13H29N3O/c1-4-16-7-5-12(6-8-16)9-14-10-13(17)11-15(2)3/h12-14,17H,4-11H2,1-3H3. The fourth-order valence-electron chi connectivity index (χ4n) is 2.45. The SMILES string of the molecule is CCN1CCC(CNCC(O)CN(C)C)CC1. The van der Waals surface area contributed by atoms with Crippen LogP contribution < -0.4 is 5.32 Å². The van der Waals surface area contributed by atoms with Gasteiger partial charge in [0.25, 0.3) is 0 Å². The average molecular weight is 243 g/mol. The molecule has 1 atom stereocenters. The van der Waals surface area contributed by atoms with Crippen molar-refractivity contribution in [3.05, 3.63) is 0 Å². The average Bonchev–Trinajstić information content (AvgIpc) is 2.29. The second-order valence-electron chi connectivity index (χ2n) is 5.45. The Balaban J connectivity index is 2.03. The molecule has 1 fully saturated rings. The third kappa shape index (κ3) is 6.36. The van der Waals surface area contributed by atoms with Crippen molar-refractivity contribution in [2.24, 2.45) is 5.92 Å². The van der Waals surface area contributed by atoms with Crippen LogP contribution in [-0.2, 0) is 0 Å². The van der Waals surface area contributed by atoms with Gasteiger partial charge in [-0.2, -0.15) is 0 Å². The van der Waals surface area contributed by atoms with Crippen molar-refractivity contribution in [2.75, 3.05) is 53.4 Å². The minimum atomic E-state index is -0.249. The Morgan fingerprint density at radius 2 is 2.00 bits per heavy atom. The van der Waals surface area contributed by atoms with E-state index in [4.69, 9.17) is 0 Å². The molecular formula is C13H29N3O. The van der Waals surface area contributed by atoms with Crippen molar-refractivity contribution >= 4 is 0 Å². The first-order valence-electron chi connectivity index (χ1n) is 6.87. The minimum Gasteiger partial charge on any atom is -0.390 e. The number of piperidine rings is 1. The number of hydrogen-bond acceptors (Lipinski definition) is 4. The molecule has 1 saturated heterocycles. The Hall–Kier alpha value is -0.160. The summed E-state index contributed by atoms with van der Waals surface area (Å²) < 4.78 is 0. The third-order valence-electron chi connectivity index (χ3n) is 3.54. The molecule has 4 heteroatoms. The second-order valence-corrected chi connectivity index (χ2v) is 5.45. The monoisotopic (exact) mass is 243 g/mol. The molecule has 0 aromatic rings. The van der Waals surface area contributed by atoms with Gasteiger partial charge in [-0.05, 0) is 59.0 Å². The molecule has 0 radical (unpaired) electrons. The zero-order valence-electron chi connectivity index (χ0n) is 11.7. The van der Waals surface area contributed by atoms with Crippen molar-refractivity contribution in [2.45, 2.75) is 25.9 Å².